The van der Waals surface area contributed by atoms with Crippen LogP contribution in [-0.4, -0.2) is 54.6 Å². The molecule has 0 aromatic heterocycles. The van der Waals surface area contributed by atoms with Gasteiger partial charge in [-0.3, -0.25) is 14.4 Å². The smallest absolute Gasteiger partial charge is 0.308 e. The van der Waals surface area contributed by atoms with E-state index in [0.29, 0.717) is 13.0 Å². The third-order valence-corrected chi connectivity index (χ3v) is 4.69. The number of unbranched alkanes of at least 4 members (excludes halogenated alkanes) is 5. The summed E-state index contributed by atoms with van der Waals surface area (Å²) in [5.74, 6) is -0.404. The zero-order valence-electron chi connectivity index (χ0n) is 20.2. The van der Waals surface area contributed by atoms with E-state index >= 15 is 0 Å². The first-order valence-corrected chi connectivity index (χ1v) is 11.5. The van der Waals surface area contributed by atoms with E-state index in [1.807, 2.05) is 51.1 Å². The summed E-state index contributed by atoms with van der Waals surface area (Å²) < 4.78 is 5.36. The molecular formula is C25H42N2O4. The monoisotopic (exact) mass is 434 g/mol. The fraction of sp³-hybridized carbons (Fsp3) is 0.680. The summed E-state index contributed by atoms with van der Waals surface area (Å²) in [5, 5.41) is 1.34. The highest BCUT2D eigenvalue weighted by atomic mass is 16.7. The van der Waals surface area contributed by atoms with Crippen molar-refractivity contribution < 1.29 is 19.2 Å². The van der Waals surface area contributed by atoms with Crippen LogP contribution < -0.4 is 0 Å². The van der Waals surface area contributed by atoms with Gasteiger partial charge < -0.3 is 9.64 Å². The number of carbonyl (C=O) groups is 2. The largest absolute Gasteiger partial charge is 0.460 e. The Morgan fingerprint density at radius 3 is 2.06 bits per heavy atom. The SMILES string of the molecule is CN(C)CCCCCCCCC(=O)N(CCC(=O)OC(C)(C)C)OCc1ccccc1. The highest BCUT2D eigenvalue weighted by Gasteiger charge is 2.20. The molecule has 1 rings (SSSR count). The van der Waals surface area contributed by atoms with Gasteiger partial charge in [-0.05, 0) is 59.8 Å². The van der Waals surface area contributed by atoms with Crippen LogP contribution in [0.5, 0.6) is 0 Å². The fourth-order valence-electron chi connectivity index (χ4n) is 3.11. The van der Waals surface area contributed by atoms with Crippen molar-refractivity contribution in [1.29, 1.82) is 0 Å². The van der Waals surface area contributed by atoms with Crippen molar-refractivity contribution in [3.63, 3.8) is 0 Å². The molecule has 0 spiro atoms. The molecule has 6 nitrogen and oxygen atoms in total. The maximum atomic E-state index is 12.7. The first-order chi connectivity index (χ1) is 14.7. The van der Waals surface area contributed by atoms with Crippen molar-refractivity contribution >= 4 is 11.9 Å². The van der Waals surface area contributed by atoms with Gasteiger partial charge in [0.25, 0.3) is 0 Å². The van der Waals surface area contributed by atoms with Crippen molar-refractivity contribution in [3.05, 3.63) is 35.9 Å². The first-order valence-electron chi connectivity index (χ1n) is 11.5. The number of amides is 1. The van der Waals surface area contributed by atoms with Crippen molar-refractivity contribution in [2.45, 2.75) is 84.3 Å². The molecule has 176 valence electrons. The Kier molecular flexibility index (Phi) is 13.1. The highest BCUT2D eigenvalue weighted by Crippen LogP contribution is 2.13. The van der Waals surface area contributed by atoms with Gasteiger partial charge in [-0.2, -0.15) is 0 Å². The van der Waals surface area contributed by atoms with E-state index in [1.54, 1.807) is 0 Å². The van der Waals surface area contributed by atoms with Gasteiger partial charge >= 0.3 is 5.97 Å². The summed E-state index contributed by atoms with van der Waals surface area (Å²) in [6.45, 7) is 7.13. The van der Waals surface area contributed by atoms with Crippen molar-refractivity contribution in [1.82, 2.24) is 9.96 Å². The van der Waals surface area contributed by atoms with Crippen molar-refractivity contribution in [2.24, 2.45) is 0 Å². The number of hydroxylamine groups is 2. The number of benzene rings is 1. The summed E-state index contributed by atoms with van der Waals surface area (Å²) in [4.78, 5) is 32.8. The van der Waals surface area contributed by atoms with Crippen LogP contribution in [0.2, 0.25) is 0 Å². The topological polar surface area (TPSA) is 59.1 Å². The second-order valence-electron chi connectivity index (χ2n) is 9.27. The minimum Gasteiger partial charge on any atom is -0.460 e. The molecule has 0 heterocycles. The molecule has 0 bridgehead atoms. The minimum atomic E-state index is -0.538. The molecule has 0 fully saturated rings. The van der Waals surface area contributed by atoms with Gasteiger partial charge in [0, 0.05) is 6.42 Å². The van der Waals surface area contributed by atoms with Gasteiger partial charge in [-0.15, -0.1) is 0 Å². The lowest BCUT2D eigenvalue weighted by molar-refractivity contribution is -0.194. The van der Waals surface area contributed by atoms with Crippen LogP contribution in [0.25, 0.3) is 0 Å². The molecule has 0 aliphatic heterocycles. The van der Waals surface area contributed by atoms with Gasteiger partial charge in [0.2, 0.25) is 5.91 Å². The van der Waals surface area contributed by atoms with E-state index in [4.69, 9.17) is 9.57 Å². The zero-order chi connectivity index (χ0) is 23.1. The Morgan fingerprint density at radius 1 is 0.839 bits per heavy atom. The van der Waals surface area contributed by atoms with E-state index < -0.39 is 5.60 Å². The Hall–Kier alpha value is -1.92. The standard InChI is InChI=1S/C25H42N2O4/c1-25(2,3)31-24(29)18-20-27(30-21-22-15-11-10-12-16-22)23(28)17-13-8-6-7-9-14-19-26(4)5/h10-12,15-16H,6-9,13-14,17-21H2,1-5H3. The summed E-state index contributed by atoms with van der Waals surface area (Å²) in [5.41, 5.74) is 0.443. The summed E-state index contributed by atoms with van der Waals surface area (Å²) in [6.07, 6.45) is 7.21. The molecule has 1 aromatic carbocycles. The molecule has 0 saturated heterocycles. The Labute approximate surface area is 188 Å². The summed E-state index contributed by atoms with van der Waals surface area (Å²) in [7, 11) is 4.19. The van der Waals surface area contributed by atoms with Gasteiger partial charge in [-0.25, -0.2) is 5.06 Å². The predicted molar refractivity (Wildman–Crippen MR) is 124 cm³/mol. The third kappa shape index (κ3) is 14.7. The van der Waals surface area contributed by atoms with Crippen LogP contribution in [0.4, 0.5) is 0 Å². The lowest BCUT2D eigenvalue weighted by Gasteiger charge is -2.24. The average molecular weight is 435 g/mol. The van der Waals surface area contributed by atoms with Gasteiger partial charge in [-0.1, -0.05) is 56.0 Å². The van der Waals surface area contributed by atoms with Crippen LogP contribution in [0.1, 0.15) is 77.7 Å². The Bertz CT molecular complexity index is 626. The van der Waals surface area contributed by atoms with Gasteiger partial charge in [0.1, 0.15) is 12.2 Å². The van der Waals surface area contributed by atoms with Crippen LogP contribution in [0, 0.1) is 0 Å². The molecule has 0 atom stereocenters. The van der Waals surface area contributed by atoms with E-state index in [-0.39, 0.29) is 24.8 Å². The molecule has 0 N–H and O–H groups in total. The molecule has 6 heteroatoms. The summed E-state index contributed by atoms with van der Waals surface area (Å²) >= 11 is 0. The van der Waals surface area contributed by atoms with Crippen molar-refractivity contribution in [2.75, 3.05) is 27.2 Å². The van der Waals surface area contributed by atoms with E-state index in [9.17, 15) is 9.59 Å². The fourth-order valence-corrected chi connectivity index (χ4v) is 3.11. The number of ether oxygens (including phenoxy) is 1. The minimum absolute atomic E-state index is 0.0768. The number of carbonyl (C=O) groups excluding carboxylic acids is 2. The normalized spacial score (nSPS) is 11.5. The molecule has 0 unspecified atom stereocenters. The quantitative estimate of drug-likeness (QED) is 0.222. The van der Waals surface area contributed by atoms with E-state index in [1.165, 1.54) is 24.3 Å². The molecule has 1 aromatic rings. The van der Waals surface area contributed by atoms with Crippen LogP contribution in [-0.2, 0) is 25.8 Å². The average Bonchev–Trinajstić information content (AvgIpc) is 2.69. The molecular weight excluding hydrogens is 392 g/mol. The molecule has 0 aliphatic rings. The third-order valence-electron chi connectivity index (χ3n) is 4.69. The van der Waals surface area contributed by atoms with Crippen LogP contribution in [0.15, 0.2) is 30.3 Å². The lowest BCUT2D eigenvalue weighted by Crippen LogP contribution is -2.34. The number of hydrogen-bond donors (Lipinski definition) is 0. The lowest BCUT2D eigenvalue weighted by atomic mass is 10.1. The van der Waals surface area contributed by atoms with Crippen molar-refractivity contribution in [3.8, 4) is 0 Å². The highest BCUT2D eigenvalue weighted by molar-refractivity contribution is 5.76. The maximum Gasteiger partial charge on any atom is 0.308 e. The second kappa shape index (κ2) is 15.0. The van der Waals surface area contributed by atoms with Gasteiger partial charge in [0.05, 0.1) is 13.0 Å². The first kappa shape index (κ1) is 27.1. The second-order valence-corrected chi connectivity index (χ2v) is 9.27. The number of hydrogen-bond acceptors (Lipinski definition) is 5. The molecule has 1 amide bonds. The Balaban J connectivity index is 2.42. The van der Waals surface area contributed by atoms with Crippen LogP contribution in [0.3, 0.4) is 0 Å². The molecule has 31 heavy (non-hydrogen) atoms. The number of esters is 1. The van der Waals surface area contributed by atoms with Gasteiger partial charge in [0.15, 0.2) is 0 Å². The van der Waals surface area contributed by atoms with E-state index in [0.717, 1.165) is 31.4 Å². The molecule has 0 aliphatic carbocycles. The molecule has 0 saturated carbocycles. The predicted octanol–water partition coefficient (Wildman–Crippen LogP) is 4.97. The van der Waals surface area contributed by atoms with E-state index in [2.05, 4.69) is 19.0 Å². The Morgan fingerprint density at radius 2 is 1.45 bits per heavy atom. The number of rotatable bonds is 15. The van der Waals surface area contributed by atoms with Crippen LogP contribution >= 0.6 is 0 Å². The maximum absolute atomic E-state index is 12.7. The number of nitrogens with zero attached hydrogens (tertiary/aromatic N) is 2. The molecule has 0 radical (unpaired) electrons. The zero-order valence-corrected chi connectivity index (χ0v) is 20.2. The summed E-state index contributed by atoms with van der Waals surface area (Å²) in [6, 6.07) is 9.71.